The van der Waals surface area contributed by atoms with Gasteiger partial charge in [-0.2, -0.15) is 0 Å². The maximum absolute atomic E-state index is 7.48. The molecule has 0 aromatic heterocycles. The van der Waals surface area contributed by atoms with E-state index in [9.17, 15) is 0 Å². The molecule has 0 saturated carbocycles. The van der Waals surface area contributed by atoms with Crippen LogP contribution in [0.2, 0.25) is 0 Å². The lowest BCUT2D eigenvalue weighted by Crippen LogP contribution is -2.01. The van der Waals surface area contributed by atoms with Gasteiger partial charge in [0.15, 0.2) is 0 Å². The zero-order valence-corrected chi connectivity index (χ0v) is 5.93. The first kappa shape index (κ1) is 7.00. The lowest BCUT2D eigenvalue weighted by Gasteiger charge is -2.07. The van der Waals surface area contributed by atoms with Gasteiger partial charge in [-0.15, -0.1) is 0 Å². The standard InChI is InChI=1S/C9H11N/c1-2-5-8-6-3-4-7-9(8)10/h2-3,5-6,10H,1,4,7H2/b8-5-,10-9?. The Morgan fingerprint density at radius 2 is 2.40 bits per heavy atom. The fourth-order valence-corrected chi connectivity index (χ4v) is 0.966. The molecule has 1 nitrogen and oxygen atoms in total. The Morgan fingerprint density at radius 1 is 1.60 bits per heavy atom. The molecule has 1 N–H and O–H groups in total. The Kier molecular flexibility index (Phi) is 2.21. The van der Waals surface area contributed by atoms with E-state index in [0.29, 0.717) is 0 Å². The first-order valence-electron chi connectivity index (χ1n) is 3.41. The van der Waals surface area contributed by atoms with Crippen LogP contribution < -0.4 is 0 Å². The molecule has 0 aliphatic heterocycles. The average Bonchev–Trinajstić information content (AvgIpc) is 1.94. The summed E-state index contributed by atoms with van der Waals surface area (Å²) in [5.41, 5.74) is 1.73. The molecule has 10 heavy (non-hydrogen) atoms. The predicted octanol–water partition coefficient (Wildman–Crippen LogP) is 2.47. The van der Waals surface area contributed by atoms with E-state index in [1.807, 2.05) is 12.2 Å². The van der Waals surface area contributed by atoms with Gasteiger partial charge in [0.1, 0.15) is 0 Å². The summed E-state index contributed by atoms with van der Waals surface area (Å²) < 4.78 is 0. The summed E-state index contributed by atoms with van der Waals surface area (Å²) in [5.74, 6) is 0. The van der Waals surface area contributed by atoms with Crippen molar-refractivity contribution in [3.63, 3.8) is 0 Å². The van der Waals surface area contributed by atoms with Crippen LogP contribution in [0.25, 0.3) is 0 Å². The zero-order chi connectivity index (χ0) is 7.40. The van der Waals surface area contributed by atoms with Crippen LogP contribution in [0.4, 0.5) is 0 Å². The lowest BCUT2D eigenvalue weighted by molar-refractivity contribution is 1.06. The first-order valence-corrected chi connectivity index (χ1v) is 3.41. The highest BCUT2D eigenvalue weighted by atomic mass is 14.4. The van der Waals surface area contributed by atoms with E-state index in [-0.39, 0.29) is 0 Å². The van der Waals surface area contributed by atoms with Crippen molar-refractivity contribution in [2.75, 3.05) is 0 Å². The van der Waals surface area contributed by atoms with Crippen molar-refractivity contribution in [2.45, 2.75) is 12.8 Å². The first-order chi connectivity index (χ1) is 4.84. The van der Waals surface area contributed by atoms with Crippen LogP contribution in [-0.4, -0.2) is 5.71 Å². The maximum atomic E-state index is 7.48. The highest BCUT2D eigenvalue weighted by Crippen LogP contribution is 2.11. The summed E-state index contributed by atoms with van der Waals surface area (Å²) in [7, 11) is 0. The van der Waals surface area contributed by atoms with Crippen LogP contribution >= 0.6 is 0 Å². The summed E-state index contributed by atoms with van der Waals surface area (Å²) in [6.45, 7) is 3.58. The van der Waals surface area contributed by atoms with E-state index in [4.69, 9.17) is 5.41 Å². The Labute approximate surface area is 61.3 Å². The molecule has 0 saturated heterocycles. The highest BCUT2D eigenvalue weighted by Gasteiger charge is 2.03. The second-order valence-corrected chi connectivity index (χ2v) is 2.28. The fraction of sp³-hybridized carbons (Fsp3) is 0.222. The van der Waals surface area contributed by atoms with Gasteiger partial charge in [0.25, 0.3) is 0 Å². The molecule has 0 radical (unpaired) electrons. The predicted molar refractivity (Wildman–Crippen MR) is 44.4 cm³/mol. The molecule has 1 aliphatic carbocycles. The van der Waals surface area contributed by atoms with Crippen LogP contribution in [-0.2, 0) is 0 Å². The molecule has 0 unspecified atom stereocenters. The van der Waals surface area contributed by atoms with Crippen LogP contribution in [0.5, 0.6) is 0 Å². The number of hydrogen-bond acceptors (Lipinski definition) is 1. The molecule has 1 rings (SSSR count). The minimum atomic E-state index is 0.724. The van der Waals surface area contributed by atoms with Crippen molar-refractivity contribution in [3.05, 3.63) is 36.5 Å². The minimum absolute atomic E-state index is 0.724. The fourth-order valence-electron chi connectivity index (χ4n) is 0.966. The second-order valence-electron chi connectivity index (χ2n) is 2.28. The van der Waals surface area contributed by atoms with E-state index in [1.54, 1.807) is 6.08 Å². The van der Waals surface area contributed by atoms with Gasteiger partial charge < -0.3 is 5.41 Å². The van der Waals surface area contributed by atoms with Gasteiger partial charge in [-0.05, 0) is 18.4 Å². The highest BCUT2D eigenvalue weighted by molar-refractivity contribution is 6.01. The number of hydrogen-bond donors (Lipinski definition) is 1. The quantitative estimate of drug-likeness (QED) is 0.568. The van der Waals surface area contributed by atoms with E-state index < -0.39 is 0 Å². The van der Waals surface area contributed by atoms with Crippen LogP contribution in [0.3, 0.4) is 0 Å². The third-order valence-corrected chi connectivity index (χ3v) is 1.50. The Morgan fingerprint density at radius 3 is 3.00 bits per heavy atom. The molecule has 1 heteroatoms. The van der Waals surface area contributed by atoms with Gasteiger partial charge in [-0.3, -0.25) is 0 Å². The third-order valence-electron chi connectivity index (χ3n) is 1.50. The number of nitrogens with one attached hydrogen (secondary N) is 1. The maximum Gasteiger partial charge on any atom is 0.0389 e. The van der Waals surface area contributed by atoms with Crippen LogP contribution in [0, 0.1) is 5.41 Å². The lowest BCUT2D eigenvalue weighted by atomic mass is 9.99. The monoisotopic (exact) mass is 133 g/mol. The van der Waals surface area contributed by atoms with Gasteiger partial charge in [-0.1, -0.05) is 30.9 Å². The van der Waals surface area contributed by atoms with Crippen LogP contribution in [0.15, 0.2) is 36.5 Å². The summed E-state index contributed by atoms with van der Waals surface area (Å²) in [6, 6.07) is 0. The van der Waals surface area contributed by atoms with Gasteiger partial charge in [0.05, 0.1) is 0 Å². The van der Waals surface area contributed by atoms with Crippen molar-refractivity contribution in [2.24, 2.45) is 0 Å². The van der Waals surface area contributed by atoms with Gasteiger partial charge >= 0.3 is 0 Å². The summed E-state index contributed by atoms with van der Waals surface area (Å²) in [5, 5.41) is 7.48. The third kappa shape index (κ3) is 1.44. The van der Waals surface area contributed by atoms with Crippen molar-refractivity contribution >= 4 is 5.71 Å². The van der Waals surface area contributed by atoms with Crippen molar-refractivity contribution in [3.8, 4) is 0 Å². The van der Waals surface area contributed by atoms with E-state index in [1.165, 1.54) is 0 Å². The van der Waals surface area contributed by atoms with E-state index >= 15 is 0 Å². The number of rotatable bonds is 1. The molecule has 0 heterocycles. The molecule has 0 bridgehead atoms. The minimum Gasteiger partial charge on any atom is -0.305 e. The van der Waals surface area contributed by atoms with E-state index in [2.05, 4.69) is 12.7 Å². The molecule has 0 aromatic carbocycles. The molecule has 52 valence electrons. The Bertz CT molecular complexity index is 209. The number of allylic oxidation sites excluding steroid dienone is 5. The molecule has 1 aliphatic rings. The average molecular weight is 133 g/mol. The SMILES string of the molecule is C=C/C=C1/C=CCCC1=N. The summed E-state index contributed by atoms with van der Waals surface area (Å²) in [4.78, 5) is 0. The van der Waals surface area contributed by atoms with Crippen molar-refractivity contribution < 1.29 is 0 Å². The molecule has 0 aromatic rings. The van der Waals surface area contributed by atoms with Crippen molar-refractivity contribution in [1.82, 2.24) is 0 Å². The molecule has 0 atom stereocenters. The van der Waals surface area contributed by atoms with Crippen LogP contribution in [0.1, 0.15) is 12.8 Å². The summed E-state index contributed by atoms with van der Waals surface area (Å²) >= 11 is 0. The van der Waals surface area contributed by atoms with Crippen molar-refractivity contribution in [1.29, 1.82) is 5.41 Å². The molecule has 0 fully saturated rings. The molecule has 0 amide bonds. The Balaban J connectivity index is 2.82. The van der Waals surface area contributed by atoms with Gasteiger partial charge in [-0.25, -0.2) is 0 Å². The normalized spacial score (nSPS) is 21.6. The van der Waals surface area contributed by atoms with Gasteiger partial charge in [0, 0.05) is 5.71 Å². The van der Waals surface area contributed by atoms with Gasteiger partial charge in [0.2, 0.25) is 0 Å². The largest absolute Gasteiger partial charge is 0.305 e. The zero-order valence-electron chi connectivity index (χ0n) is 5.93. The topological polar surface area (TPSA) is 23.9 Å². The smallest absolute Gasteiger partial charge is 0.0389 e. The summed E-state index contributed by atoms with van der Waals surface area (Å²) in [6.07, 6.45) is 9.54. The molecular weight excluding hydrogens is 122 g/mol. The van der Waals surface area contributed by atoms with E-state index in [0.717, 1.165) is 24.1 Å². The molecule has 0 spiro atoms. The Hall–Kier alpha value is -1.11. The second kappa shape index (κ2) is 3.16. The molecular formula is C9H11N.